The van der Waals surface area contributed by atoms with Gasteiger partial charge in [-0.2, -0.15) is 0 Å². The fourth-order valence-corrected chi connectivity index (χ4v) is 0. The molecule has 0 heterocycles. The topological polar surface area (TPSA) is 43.1 Å². The zero-order valence-corrected chi connectivity index (χ0v) is 4.06. The van der Waals surface area contributed by atoms with Crippen molar-refractivity contribution in [1.29, 1.82) is 0 Å². The molecular weight excluding hydrogens is 151 g/mol. The first-order chi connectivity index (χ1) is 2.64. The van der Waals surface area contributed by atoms with E-state index < -0.39 is 0 Å². The van der Waals surface area contributed by atoms with Crippen LogP contribution in [0, 0.1) is 5.92 Å². The van der Waals surface area contributed by atoms with Gasteiger partial charge in [0.05, 0.1) is 0 Å². The summed E-state index contributed by atoms with van der Waals surface area (Å²) in [7, 11) is 0. The van der Waals surface area contributed by atoms with Crippen LogP contribution in [0.25, 0.3) is 0 Å². The number of hydrogen-bond donors (Lipinski definition) is 1. The Morgan fingerprint density at radius 2 is 1.71 bits per heavy atom. The standard InChI is InChI=1S/C4H9NO.GeH4/c1-3(2)4(5)6;/h3H,1-2H3,(H2,5,6);1H4. The van der Waals surface area contributed by atoms with E-state index in [1.165, 1.54) is 0 Å². The molecule has 1 amide bonds. The molecule has 0 aliphatic rings. The first kappa shape index (κ1) is 10.1. The molecule has 7 heavy (non-hydrogen) atoms. The number of carbonyl (C=O) groups excluding carboxylic acids is 1. The molecule has 0 aliphatic carbocycles. The third kappa shape index (κ3) is 6.01. The summed E-state index contributed by atoms with van der Waals surface area (Å²) in [6.45, 7) is 3.53. The monoisotopic (exact) mass is 165 g/mol. The Bertz CT molecular complexity index is 62.7. The molecule has 0 saturated heterocycles. The van der Waals surface area contributed by atoms with E-state index in [9.17, 15) is 4.79 Å². The molecule has 44 valence electrons. The van der Waals surface area contributed by atoms with Crippen molar-refractivity contribution in [2.24, 2.45) is 11.7 Å². The van der Waals surface area contributed by atoms with E-state index in [4.69, 9.17) is 5.73 Å². The second-order valence-electron chi connectivity index (χ2n) is 1.56. The SMILES string of the molecule is CC(C)C(N)=O.[GeH4]. The van der Waals surface area contributed by atoms with Crippen molar-refractivity contribution in [2.75, 3.05) is 0 Å². The molecule has 0 aromatic rings. The van der Waals surface area contributed by atoms with E-state index in [1.807, 2.05) is 0 Å². The molecule has 0 rings (SSSR count). The third-order valence-corrected chi connectivity index (χ3v) is 0.569. The Morgan fingerprint density at radius 1 is 1.57 bits per heavy atom. The predicted octanol–water partition coefficient (Wildman–Crippen LogP) is -1.32. The number of rotatable bonds is 1. The van der Waals surface area contributed by atoms with E-state index in [0.717, 1.165) is 0 Å². The van der Waals surface area contributed by atoms with Gasteiger partial charge in [-0.05, 0) is 0 Å². The Labute approximate surface area is 54.4 Å². The normalized spacial score (nSPS) is 7.86. The quantitative estimate of drug-likeness (QED) is 0.479. The van der Waals surface area contributed by atoms with Gasteiger partial charge in [-0.1, -0.05) is 13.8 Å². The Balaban J connectivity index is 0. The Morgan fingerprint density at radius 3 is 1.71 bits per heavy atom. The molecule has 0 saturated carbocycles. The van der Waals surface area contributed by atoms with Gasteiger partial charge in [0.1, 0.15) is 0 Å². The van der Waals surface area contributed by atoms with E-state index >= 15 is 0 Å². The van der Waals surface area contributed by atoms with Crippen molar-refractivity contribution in [3.05, 3.63) is 0 Å². The molecular formula is C4H13GeNO. The van der Waals surface area contributed by atoms with Crippen LogP contribution in [0.5, 0.6) is 0 Å². The van der Waals surface area contributed by atoms with Crippen LogP contribution in [0.1, 0.15) is 13.8 Å². The maximum absolute atomic E-state index is 9.92. The van der Waals surface area contributed by atoms with Gasteiger partial charge in [0, 0.05) is 5.92 Å². The van der Waals surface area contributed by atoms with Crippen LogP contribution in [0.3, 0.4) is 0 Å². The molecule has 0 aromatic heterocycles. The summed E-state index contributed by atoms with van der Waals surface area (Å²) in [5.74, 6) is -0.250. The average molecular weight is 164 g/mol. The number of hydrogen-bond acceptors (Lipinski definition) is 1. The molecule has 0 unspecified atom stereocenters. The molecule has 3 heteroatoms. The summed E-state index contributed by atoms with van der Waals surface area (Å²) in [5.41, 5.74) is 4.80. The molecule has 0 atom stereocenters. The van der Waals surface area contributed by atoms with E-state index in [0.29, 0.717) is 0 Å². The molecule has 0 spiro atoms. The van der Waals surface area contributed by atoms with Crippen molar-refractivity contribution in [3.8, 4) is 0 Å². The molecule has 0 fully saturated rings. The number of amides is 1. The van der Waals surface area contributed by atoms with Gasteiger partial charge in [0.25, 0.3) is 0 Å². The van der Waals surface area contributed by atoms with Gasteiger partial charge in [0.2, 0.25) is 5.91 Å². The minimum atomic E-state index is -0.241. The molecule has 2 nitrogen and oxygen atoms in total. The second-order valence-corrected chi connectivity index (χ2v) is 1.56. The molecule has 2 N–H and O–H groups in total. The summed E-state index contributed by atoms with van der Waals surface area (Å²) >= 11 is 0. The van der Waals surface area contributed by atoms with Crippen LogP contribution in [0.4, 0.5) is 0 Å². The van der Waals surface area contributed by atoms with Gasteiger partial charge in [0.15, 0.2) is 0 Å². The van der Waals surface area contributed by atoms with Crippen LogP contribution in [0.2, 0.25) is 0 Å². The average Bonchev–Trinajstić information content (AvgIpc) is 1.36. The van der Waals surface area contributed by atoms with E-state index in [1.54, 1.807) is 13.8 Å². The Hall–Kier alpha value is 0.0129. The van der Waals surface area contributed by atoms with Crippen LogP contribution >= 0.6 is 0 Å². The van der Waals surface area contributed by atoms with Crippen LogP contribution in [0.15, 0.2) is 0 Å². The number of nitrogens with two attached hydrogens (primary N) is 1. The molecule has 0 aliphatic heterocycles. The fraction of sp³-hybridized carbons (Fsp3) is 0.750. The summed E-state index contributed by atoms with van der Waals surface area (Å²) < 4.78 is 0. The minimum absolute atomic E-state index is 0. The van der Waals surface area contributed by atoms with Crippen molar-refractivity contribution in [1.82, 2.24) is 0 Å². The predicted molar refractivity (Wildman–Crippen MR) is 35.4 cm³/mol. The molecule has 0 aromatic carbocycles. The number of carbonyl (C=O) groups is 1. The fourth-order valence-electron chi connectivity index (χ4n) is 0. The summed E-state index contributed by atoms with van der Waals surface area (Å²) in [6.07, 6.45) is 0. The van der Waals surface area contributed by atoms with Crippen molar-refractivity contribution in [3.63, 3.8) is 0 Å². The second kappa shape index (κ2) is 4.18. The van der Waals surface area contributed by atoms with Gasteiger partial charge in [-0.25, -0.2) is 0 Å². The van der Waals surface area contributed by atoms with Crippen molar-refractivity contribution >= 4 is 23.5 Å². The third-order valence-electron chi connectivity index (χ3n) is 0.569. The van der Waals surface area contributed by atoms with Gasteiger partial charge < -0.3 is 5.73 Å². The zero-order valence-electron chi connectivity index (χ0n) is 4.06. The van der Waals surface area contributed by atoms with E-state index in [2.05, 4.69) is 0 Å². The maximum atomic E-state index is 9.92. The Kier molecular flexibility index (Phi) is 6.02. The summed E-state index contributed by atoms with van der Waals surface area (Å²) in [5, 5.41) is 0. The van der Waals surface area contributed by atoms with Crippen LogP contribution in [-0.4, -0.2) is 23.5 Å². The summed E-state index contributed by atoms with van der Waals surface area (Å²) in [6, 6.07) is 0. The first-order valence-electron chi connectivity index (χ1n) is 1.94. The van der Waals surface area contributed by atoms with E-state index in [-0.39, 0.29) is 29.4 Å². The van der Waals surface area contributed by atoms with Crippen LogP contribution in [-0.2, 0) is 4.79 Å². The molecule has 0 bridgehead atoms. The summed E-state index contributed by atoms with van der Waals surface area (Å²) in [4.78, 5) is 9.92. The molecule has 0 radical (unpaired) electrons. The zero-order chi connectivity index (χ0) is 5.15. The van der Waals surface area contributed by atoms with Crippen molar-refractivity contribution < 1.29 is 4.79 Å². The van der Waals surface area contributed by atoms with Crippen molar-refractivity contribution in [2.45, 2.75) is 13.8 Å². The first-order valence-corrected chi connectivity index (χ1v) is 1.94. The van der Waals surface area contributed by atoms with Gasteiger partial charge in [-0.15, -0.1) is 0 Å². The van der Waals surface area contributed by atoms with Crippen LogP contribution < -0.4 is 5.73 Å². The van der Waals surface area contributed by atoms with Gasteiger partial charge >= 0.3 is 17.6 Å². The van der Waals surface area contributed by atoms with Gasteiger partial charge in [-0.3, -0.25) is 4.79 Å². The number of primary amides is 1.